The number of morpholine rings is 1. The minimum Gasteiger partial charge on any atom is -0.466 e. The molecule has 0 radical (unpaired) electrons. The number of rotatable bonds is 5. The van der Waals surface area contributed by atoms with E-state index in [0.29, 0.717) is 30.6 Å². The first-order chi connectivity index (χ1) is 10.1. The van der Waals surface area contributed by atoms with Gasteiger partial charge in [-0.1, -0.05) is 0 Å². The Bertz CT molecular complexity index is 511. The second kappa shape index (κ2) is 9.04. The largest absolute Gasteiger partial charge is 0.466 e. The van der Waals surface area contributed by atoms with E-state index >= 15 is 0 Å². The van der Waals surface area contributed by atoms with E-state index in [2.05, 4.69) is 15.6 Å². The first-order valence-electron chi connectivity index (χ1n) is 6.86. The third kappa shape index (κ3) is 5.20. The highest BCUT2D eigenvalue weighted by molar-refractivity contribution is 7.13. The Hall–Kier alpha value is -1.22. The van der Waals surface area contributed by atoms with Crippen molar-refractivity contribution in [3.8, 4) is 0 Å². The van der Waals surface area contributed by atoms with Gasteiger partial charge in [-0.25, -0.2) is 4.98 Å². The fourth-order valence-electron chi connectivity index (χ4n) is 2.02. The number of hydrogen-bond acceptors (Lipinski definition) is 7. The summed E-state index contributed by atoms with van der Waals surface area (Å²) in [6.45, 7) is 5.20. The lowest BCUT2D eigenvalue weighted by atomic mass is 10.1. The van der Waals surface area contributed by atoms with E-state index < -0.39 is 6.04 Å². The summed E-state index contributed by atoms with van der Waals surface area (Å²) in [5, 5.41) is 8.06. The minimum atomic E-state index is -0.392. The summed E-state index contributed by atoms with van der Waals surface area (Å²) in [5.74, 6) is -0.504. The number of thiazole rings is 1. The number of hydrogen-bond donors (Lipinski definition) is 2. The zero-order valence-electron chi connectivity index (χ0n) is 12.5. The summed E-state index contributed by atoms with van der Waals surface area (Å²) in [7, 11) is 0. The number of ether oxygens (including phenoxy) is 2. The first-order valence-corrected chi connectivity index (χ1v) is 7.74. The quantitative estimate of drug-likeness (QED) is 0.770. The van der Waals surface area contributed by atoms with Gasteiger partial charge in [-0.3, -0.25) is 9.59 Å². The average Bonchev–Trinajstić information content (AvgIpc) is 2.86. The van der Waals surface area contributed by atoms with Crippen LogP contribution in [-0.2, 0) is 25.5 Å². The molecular weight excluding hydrogens is 330 g/mol. The Morgan fingerprint density at radius 1 is 1.59 bits per heavy atom. The number of anilines is 1. The van der Waals surface area contributed by atoms with E-state index in [1.807, 2.05) is 6.92 Å². The number of halogens is 1. The van der Waals surface area contributed by atoms with Crippen LogP contribution in [0.2, 0.25) is 0 Å². The smallest absolute Gasteiger partial charge is 0.311 e. The third-order valence-electron chi connectivity index (χ3n) is 3.01. The summed E-state index contributed by atoms with van der Waals surface area (Å²) in [6.07, 6.45) is -0.0702. The molecule has 1 aromatic heterocycles. The summed E-state index contributed by atoms with van der Waals surface area (Å²) in [4.78, 5) is 27.7. The normalized spacial score (nSPS) is 20.8. The molecule has 22 heavy (non-hydrogen) atoms. The number of esters is 1. The Kier molecular flexibility index (Phi) is 7.74. The lowest BCUT2D eigenvalue weighted by molar-refractivity contribution is -0.142. The van der Waals surface area contributed by atoms with Crippen LogP contribution in [0.1, 0.15) is 19.5 Å². The molecule has 1 aliphatic heterocycles. The number of nitrogens with zero attached hydrogens (tertiary/aromatic N) is 1. The van der Waals surface area contributed by atoms with Gasteiger partial charge in [0.1, 0.15) is 6.04 Å². The molecule has 1 saturated heterocycles. The van der Waals surface area contributed by atoms with Crippen LogP contribution in [-0.4, -0.2) is 48.8 Å². The molecule has 2 heterocycles. The van der Waals surface area contributed by atoms with Crippen molar-refractivity contribution in [1.82, 2.24) is 10.3 Å². The molecule has 2 rings (SSSR count). The van der Waals surface area contributed by atoms with Crippen molar-refractivity contribution in [2.45, 2.75) is 32.4 Å². The van der Waals surface area contributed by atoms with Gasteiger partial charge in [-0.2, -0.15) is 0 Å². The SMILES string of the molecule is CCOC(=O)Cc1csc(NC(=O)[C@H]2NCCO[C@@H]2C)n1.Cl. The fraction of sp³-hybridized carbons (Fsp3) is 0.615. The maximum atomic E-state index is 12.1. The predicted molar refractivity (Wildman–Crippen MR) is 85.5 cm³/mol. The Morgan fingerprint density at radius 3 is 3.05 bits per heavy atom. The fourth-order valence-corrected chi connectivity index (χ4v) is 2.73. The van der Waals surface area contributed by atoms with Crippen molar-refractivity contribution in [2.75, 3.05) is 25.1 Å². The predicted octanol–water partition coefficient (Wildman–Crippen LogP) is 0.986. The van der Waals surface area contributed by atoms with Crippen LogP contribution >= 0.6 is 23.7 Å². The van der Waals surface area contributed by atoms with Gasteiger partial charge in [0.25, 0.3) is 0 Å². The summed E-state index contributed by atoms with van der Waals surface area (Å²) < 4.78 is 10.3. The number of aromatic nitrogens is 1. The number of nitrogens with one attached hydrogen (secondary N) is 2. The van der Waals surface area contributed by atoms with Gasteiger partial charge in [0.05, 0.1) is 31.4 Å². The van der Waals surface area contributed by atoms with Crippen molar-refractivity contribution in [3.05, 3.63) is 11.1 Å². The molecule has 9 heteroatoms. The molecule has 0 aromatic carbocycles. The Morgan fingerprint density at radius 2 is 2.36 bits per heavy atom. The molecule has 1 aromatic rings. The topological polar surface area (TPSA) is 89.5 Å². The van der Waals surface area contributed by atoms with E-state index in [0.717, 1.165) is 0 Å². The number of carbonyl (C=O) groups is 2. The monoisotopic (exact) mass is 349 g/mol. The molecule has 0 unspecified atom stereocenters. The second-order valence-electron chi connectivity index (χ2n) is 4.62. The van der Waals surface area contributed by atoms with E-state index in [9.17, 15) is 9.59 Å². The van der Waals surface area contributed by atoms with Gasteiger partial charge in [0.2, 0.25) is 5.91 Å². The molecule has 0 saturated carbocycles. The molecule has 2 N–H and O–H groups in total. The molecule has 0 spiro atoms. The van der Waals surface area contributed by atoms with Gasteiger partial charge >= 0.3 is 5.97 Å². The number of amides is 1. The van der Waals surface area contributed by atoms with E-state index in [-0.39, 0.29) is 36.8 Å². The Balaban J connectivity index is 0.00000242. The van der Waals surface area contributed by atoms with Crippen LogP contribution < -0.4 is 10.6 Å². The molecule has 1 fully saturated rings. The molecular formula is C13H20ClN3O4S. The van der Waals surface area contributed by atoms with Gasteiger partial charge < -0.3 is 20.1 Å². The number of carbonyl (C=O) groups excluding carboxylic acids is 2. The molecule has 124 valence electrons. The molecule has 1 amide bonds. The van der Waals surface area contributed by atoms with Crippen LogP contribution in [0.15, 0.2) is 5.38 Å². The van der Waals surface area contributed by atoms with Gasteiger partial charge in [-0.15, -0.1) is 23.7 Å². The van der Waals surface area contributed by atoms with Gasteiger partial charge in [0, 0.05) is 11.9 Å². The third-order valence-corrected chi connectivity index (χ3v) is 3.82. The molecule has 0 bridgehead atoms. The van der Waals surface area contributed by atoms with Crippen LogP contribution in [0.4, 0.5) is 5.13 Å². The molecule has 7 nitrogen and oxygen atoms in total. The van der Waals surface area contributed by atoms with Crippen LogP contribution in [0.5, 0.6) is 0 Å². The molecule has 0 aliphatic carbocycles. The van der Waals surface area contributed by atoms with Gasteiger partial charge in [0.15, 0.2) is 5.13 Å². The van der Waals surface area contributed by atoms with Crippen molar-refractivity contribution < 1.29 is 19.1 Å². The van der Waals surface area contributed by atoms with Crippen molar-refractivity contribution >= 4 is 40.8 Å². The molecule has 1 aliphatic rings. The summed E-state index contributed by atoms with van der Waals surface area (Å²) in [5.41, 5.74) is 0.592. The van der Waals surface area contributed by atoms with Crippen LogP contribution in [0.3, 0.4) is 0 Å². The highest BCUT2D eigenvalue weighted by Crippen LogP contribution is 2.17. The summed E-state index contributed by atoms with van der Waals surface area (Å²) >= 11 is 1.28. The first kappa shape index (κ1) is 18.8. The molecule has 2 atom stereocenters. The van der Waals surface area contributed by atoms with E-state index in [1.165, 1.54) is 11.3 Å². The minimum absolute atomic E-state index is 0. The van der Waals surface area contributed by atoms with Crippen LogP contribution in [0.25, 0.3) is 0 Å². The lowest BCUT2D eigenvalue weighted by Gasteiger charge is -2.28. The zero-order chi connectivity index (χ0) is 15.2. The van der Waals surface area contributed by atoms with E-state index in [4.69, 9.17) is 9.47 Å². The highest BCUT2D eigenvalue weighted by Gasteiger charge is 2.28. The lowest BCUT2D eigenvalue weighted by Crippen LogP contribution is -2.53. The maximum Gasteiger partial charge on any atom is 0.311 e. The maximum absolute atomic E-state index is 12.1. The Labute approximate surface area is 139 Å². The summed E-state index contributed by atoms with van der Waals surface area (Å²) in [6, 6.07) is -0.392. The van der Waals surface area contributed by atoms with E-state index in [1.54, 1.807) is 12.3 Å². The second-order valence-corrected chi connectivity index (χ2v) is 5.48. The average molecular weight is 350 g/mol. The van der Waals surface area contributed by atoms with Crippen molar-refractivity contribution in [1.29, 1.82) is 0 Å². The van der Waals surface area contributed by atoms with Crippen molar-refractivity contribution in [2.24, 2.45) is 0 Å². The van der Waals surface area contributed by atoms with Gasteiger partial charge in [-0.05, 0) is 13.8 Å². The van der Waals surface area contributed by atoms with Crippen molar-refractivity contribution in [3.63, 3.8) is 0 Å². The standard InChI is InChI=1S/C13H19N3O4S.ClH/c1-3-19-10(17)6-9-7-21-13(15-9)16-12(18)11-8(2)20-5-4-14-11;/h7-8,11,14H,3-6H2,1-2H3,(H,15,16,18);1H/t8-,11+;/m1./s1. The van der Waals surface area contributed by atoms with Crippen LogP contribution in [0, 0.1) is 0 Å². The highest BCUT2D eigenvalue weighted by atomic mass is 35.5. The zero-order valence-corrected chi connectivity index (χ0v) is 14.1.